The van der Waals surface area contributed by atoms with Crippen molar-refractivity contribution < 1.29 is 0 Å². The van der Waals surface area contributed by atoms with Crippen LogP contribution in [0.4, 0.5) is 0 Å². The molecule has 0 amide bonds. The summed E-state index contributed by atoms with van der Waals surface area (Å²) in [5.41, 5.74) is 1.24. The van der Waals surface area contributed by atoms with Crippen molar-refractivity contribution >= 4 is 0 Å². The third kappa shape index (κ3) is 98.4. The lowest BCUT2D eigenvalue weighted by molar-refractivity contribution is 0.986. The van der Waals surface area contributed by atoms with Crippen molar-refractivity contribution in [2.45, 2.75) is 72.1 Å². The lowest BCUT2D eigenvalue weighted by Gasteiger charge is -1.88. The summed E-state index contributed by atoms with van der Waals surface area (Å²) in [6.07, 6.45) is 29.7. The second-order valence-electron chi connectivity index (χ2n) is 6.25. The van der Waals surface area contributed by atoms with Gasteiger partial charge in [-0.05, 0) is 65.2 Å². The Morgan fingerprint density at radius 3 is 1.19 bits per heavy atom. The largest absolute Gasteiger partial charge is 0.103 e. The Labute approximate surface area is 197 Å². The lowest BCUT2D eigenvalue weighted by Crippen LogP contribution is -1.68. The summed E-state index contributed by atoms with van der Waals surface area (Å²) < 4.78 is 0. The molecule has 0 aromatic carbocycles. The van der Waals surface area contributed by atoms with Crippen LogP contribution in [0.1, 0.15) is 72.1 Å². The minimum absolute atomic E-state index is 0.917. The van der Waals surface area contributed by atoms with E-state index in [1.54, 1.807) is 0 Å². The third-order valence-electron chi connectivity index (χ3n) is 2.93. The summed E-state index contributed by atoms with van der Waals surface area (Å²) in [5.74, 6) is 0. The van der Waals surface area contributed by atoms with E-state index < -0.39 is 0 Å². The quantitative estimate of drug-likeness (QED) is 0.204. The highest BCUT2D eigenvalue weighted by atomic mass is 13.8. The van der Waals surface area contributed by atoms with E-state index in [9.17, 15) is 0 Å². The molecular weight excluding hydrogens is 372 g/mol. The molecular formula is C31H52. The van der Waals surface area contributed by atoms with E-state index in [1.807, 2.05) is 62.5 Å². The topological polar surface area (TPSA) is 0 Å². The molecule has 0 spiro atoms. The van der Waals surface area contributed by atoms with Gasteiger partial charge in [0.2, 0.25) is 0 Å². The molecule has 0 aliphatic heterocycles. The lowest BCUT2D eigenvalue weighted by atomic mass is 10.2. The number of rotatable bonds is 13. The average molecular weight is 425 g/mol. The molecule has 0 radical (unpaired) electrons. The predicted molar refractivity (Wildman–Crippen MR) is 153 cm³/mol. The smallest absolute Gasteiger partial charge is 0.0172 e. The molecule has 0 rings (SSSR count). The first-order valence-corrected chi connectivity index (χ1v) is 11.1. The molecule has 0 N–H and O–H groups in total. The fraction of sp³-hybridized carbons (Fsp3) is 0.355. The highest BCUT2D eigenvalue weighted by molar-refractivity contribution is 4.90. The van der Waals surface area contributed by atoms with Gasteiger partial charge in [0.15, 0.2) is 0 Å². The summed E-state index contributed by atoms with van der Waals surface area (Å²) >= 11 is 0. The van der Waals surface area contributed by atoms with Gasteiger partial charge in [0.05, 0.1) is 0 Å². The number of hydrogen-bond acceptors (Lipinski definition) is 0. The molecule has 0 bridgehead atoms. The first kappa shape index (κ1) is 38.9. The Morgan fingerprint density at radius 2 is 1.00 bits per heavy atom. The van der Waals surface area contributed by atoms with Crippen molar-refractivity contribution in [2.24, 2.45) is 0 Å². The molecule has 0 heteroatoms. The molecule has 31 heavy (non-hydrogen) atoms. The summed E-state index contributed by atoms with van der Waals surface area (Å²) in [6, 6.07) is 0. The van der Waals surface area contributed by atoms with Gasteiger partial charge in [-0.2, -0.15) is 0 Å². The molecule has 0 saturated carbocycles. The van der Waals surface area contributed by atoms with Crippen molar-refractivity contribution in [3.63, 3.8) is 0 Å². The molecule has 0 atom stereocenters. The van der Waals surface area contributed by atoms with Crippen LogP contribution in [0.25, 0.3) is 0 Å². The Hall–Kier alpha value is -2.60. The number of unbranched alkanes of at least 4 members (excludes halogenated alkanes) is 1. The van der Waals surface area contributed by atoms with Gasteiger partial charge in [0, 0.05) is 0 Å². The molecule has 0 fully saturated rings. The van der Waals surface area contributed by atoms with Crippen LogP contribution >= 0.6 is 0 Å². The van der Waals surface area contributed by atoms with E-state index >= 15 is 0 Å². The van der Waals surface area contributed by atoms with Gasteiger partial charge in [-0.15, -0.1) is 52.6 Å². The van der Waals surface area contributed by atoms with Crippen LogP contribution in [0, 0.1) is 0 Å². The molecule has 0 aliphatic carbocycles. The molecule has 0 nitrogen and oxygen atoms in total. The molecule has 0 unspecified atom stereocenters. The minimum Gasteiger partial charge on any atom is -0.103 e. The molecule has 0 heterocycles. The zero-order valence-corrected chi connectivity index (χ0v) is 21.2. The van der Waals surface area contributed by atoms with Crippen molar-refractivity contribution in [3.8, 4) is 0 Å². The second-order valence-corrected chi connectivity index (χ2v) is 6.25. The summed E-state index contributed by atoms with van der Waals surface area (Å²) in [4.78, 5) is 0. The van der Waals surface area contributed by atoms with Crippen LogP contribution in [0.3, 0.4) is 0 Å². The highest BCUT2D eigenvalue weighted by Gasteiger charge is 1.78. The SMILES string of the molecule is C=CCC=C.C=CCC=CC.C=CCC=CCC.C=CCCC(=C)C.C=CCCC=C. The maximum absolute atomic E-state index is 3.74. The monoisotopic (exact) mass is 424 g/mol. The van der Waals surface area contributed by atoms with Gasteiger partial charge < -0.3 is 0 Å². The summed E-state index contributed by atoms with van der Waals surface area (Å²) in [5, 5.41) is 0. The Kier molecular flexibility index (Phi) is 63.7. The van der Waals surface area contributed by atoms with Gasteiger partial charge >= 0.3 is 0 Å². The Balaban J connectivity index is -0.0000000913. The van der Waals surface area contributed by atoms with Crippen LogP contribution < -0.4 is 0 Å². The maximum Gasteiger partial charge on any atom is -0.0172 e. The van der Waals surface area contributed by atoms with Gasteiger partial charge in [0.1, 0.15) is 0 Å². The van der Waals surface area contributed by atoms with Crippen molar-refractivity contribution in [2.75, 3.05) is 0 Å². The normalized spacial score (nSPS) is 8.35. The van der Waals surface area contributed by atoms with Gasteiger partial charge in [-0.1, -0.05) is 79.3 Å². The number of allylic oxidation sites excluding steroid dienone is 12. The predicted octanol–water partition coefficient (Wildman–Crippen LogP) is 11.1. The van der Waals surface area contributed by atoms with Gasteiger partial charge in [-0.25, -0.2) is 0 Å². The second kappa shape index (κ2) is 50.7. The fourth-order valence-electron chi connectivity index (χ4n) is 1.29. The van der Waals surface area contributed by atoms with E-state index in [4.69, 9.17) is 0 Å². The average Bonchev–Trinajstić information content (AvgIpc) is 2.77. The number of hydrogen-bond donors (Lipinski definition) is 0. The minimum atomic E-state index is 0.917. The first-order chi connectivity index (χ1) is 14.9. The van der Waals surface area contributed by atoms with Crippen LogP contribution in [0.5, 0.6) is 0 Å². The first-order valence-electron chi connectivity index (χ1n) is 11.1. The van der Waals surface area contributed by atoms with E-state index in [0.717, 1.165) is 51.4 Å². The summed E-state index contributed by atoms with van der Waals surface area (Å²) in [7, 11) is 0. The summed E-state index contributed by atoms with van der Waals surface area (Å²) in [6.45, 7) is 34.7. The molecule has 176 valence electrons. The highest BCUT2D eigenvalue weighted by Crippen LogP contribution is 1.98. The van der Waals surface area contributed by atoms with Crippen molar-refractivity contribution in [1.29, 1.82) is 0 Å². The zero-order chi connectivity index (χ0) is 25.0. The molecule has 0 aromatic heterocycles. The molecule has 0 saturated heterocycles. The third-order valence-corrected chi connectivity index (χ3v) is 2.93. The zero-order valence-electron chi connectivity index (χ0n) is 21.2. The van der Waals surface area contributed by atoms with Crippen LogP contribution in [-0.4, -0.2) is 0 Å². The fourth-order valence-corrected chi connectivity index (χ4v) is 1.29. The Morgan fingerprint density at radius 1 is 0.581 bits per heavy atom. The van der Waals surface area contributed by atoms with Gasteiger partial charge in [-0.3, -0.25) is 0 Å². The standard InChI is InChI=1S/2C7H12.2C6H10.C5H8/c1-4-5-6-7(2)3;1-3-5-7-6-4-2;2*1-3-5-6-4-2;1-3-5-4-2/h4H,1-2,5-6H2,3H3;3,6-7H,1,4-5H2,2H3;3-4,6H,1,5H2,2H3;3-4H,1-2,5-6H2;3-4H,1-2,5H2. The van der Waals surface area contributed by atoms with E-state index in [-0.39, 0.29) is 0 Å². The van der Waals surface area contributed by atoms with Gasteiger partial charge in [0.25, 0.3) is 0 Å². The molecule has 0 aliphatic rings. The maximum atomic E-state index is 3.74. The van der Waals surface area contributed by atoms with E-state index in [1.165, 1.54) is 5.57 Å². The van der Waals surface area contributed by atoms with Crippen LogP contribution in [-0.2, 0) is 0 Å². The Bertz CT molecular complexity index is 454. The van der Waals surface area contributed by atoms with E-state index in [0.29, 0.717) is 0 Å². The van der Waals surface area contributed by atoms with E-state index in [2.05, 4.69) is 77.8 Å². The van der Waals surface area contributed by atoms with Crippen molar-refractivity contribution in [3.05, 3.63) is 125 Å². The van der Waals surface area contributed by atoms with Crippen molar-refractivity contribution in [1.82, 2.24) is 0 Å². The van der Waals surface area contributed by atoms with Crippen LogP contribution in [0.15, 0.2) is 125 Å². The molecule has 0 aromatic rings. The van der Waals surface area contributed by atoms with Crippen LogP contribution in [0.2, 0.25) is 0 Å².